The summed E-state index contributed by atoms with van der Waals surface area (Å²) in [6, 6.07) is 7.94. The van der Waals surface area contributed by atoms with Crippen LogP contribution in [0.3, 0.4) is 0 Å². The maximum Gasteiger partial charge on any atom is 0.257 e. The van der Waals surface area contributed by atoms with Crippen molar-refractivity contribution in [3.8, 4) is 0 Å². The number of para-hydroxylation sites is 1. The first-order valence-electron chi connectivity index (χ1n) is 8.74. The zero-order valence-corrected chi connectivity index (χ0v) is 14.9. The average Bonchev–Trinajstić information content (AvgIpc) is 2.60. The van der Waals surface area contributed by atoms with Crippen molar-refractivity contribution in [3.05, 3.63) is 53.3 Å². The Balaban J connectivity index is 2.08. The van der Waals surface area contributed by atoms with E-state index < -0.39 is 0 Å². The van der Waals surface area contributed by atoms with E-state index in [0.29, 0.717) is 5.56 Å². The molecule has 24 heavy (non-hydrogen) atoms. The normalized spacial score (nSPS) is 10.5. The van der Waals surface area contributed by atoms with Crippen LogP contribution in [0, 0.1) is 6.92 Å². The molecule has 0 fully saturated rings. The number of hydrogen-bond donors (Lipinski definition) is 2. The number of pyridine rings is 1. The van der Waals surface area contributed by atoms with Crippen molar-refractivity contribution in [1.29, 1.82) is 0 Å². The summed E-state index contributed by atoms with van der Waals surface area (Å²) in [6.45, 7) is 7.19. The molecule has 2 N–H and O–H groups in total. The standard InChI is InChI=1S/C20H27N3O/c1-4-6-7-11-22-18-12-17(13-21-14-18)20(24)23-19-15(3)9-8-10-16(19)5-2/h8-10,12-14,22H,4-7,11H2,1-3H3,(H,23,24). The van der Waals surface area contributed by atoms with Crippen LogP contribution in [0.2, 0.25) is 0 Å². The Labute approximate surface area is 144 Å². The van der Waals surface area contributed by atoms with Gasteiger partial charge in [-0.3, -0.25) is 9.78 Å². The second-order valence-corrected chi connectivity index (χ2v) is 6.01. The minimum absolute atomic E-state index is 0.122. The van der Waals surface area contributed by atoms with Gasteiger partial charge < -0.3 is 10.6 Å². The van der Waals surface area contributed by atoms with Crippen molar-refractivity contribution in [1.82, 2.24) is 4.98 Å². The summed E-state index contributed by atoms with van der Waals surface area (Å²) in [5.41, 5.74) is 4.58. The third-order valence-corrected chi connectivity index (χ3v) is 4.09. The van der Waals surface area contributed by atoms with Gasteiger partial charge in [0.25, 0.3) is 5.91 Å². The summed E-state index contributed by atoms with van der Waals surface area (Å²) < 4.78 is 0. The average molecular weight is 325 g/mol. The number of carbonyl (C=O) groups is 1. The molecule has 0 unspecified atom stereocenters. The van der Waals surface area contributed by atoms with Crippen LogP contribution in [0.5, 0.6) is 0 Å². The molecule has 1 aromatic heterocycles. The van der Waals surface area contributed by atoms with E-state index in [1.165, 1.54) is 12.8 Å². The lowest BCUT2D eigenvalue weighted by Gasteiger charge is -2.13. The van der Waals surface area contributed by atoms with Crippen LogP contribution in [-0.4, -0.2) is 17.4 Å². The fraction of sp³-hybridized carbons (Fsp3) is 0.400. The van der Waals surface area contributed by atoms with Crippen molar-refractivity contribution < 1.29 is 4.79 Å². The fourth-order valence-electron chi connectivity index (χ4n) is 2.66. The molecule has 0 atom stereocenters. The fourth-order valence-corrected chi connectivity index (χ4v) is 2.66. The molecule has 2 rings (SSSR count). The van der Waals surface area contributed by atoms with Crippen LogP contribution in [0.15, 0.2) is 36.7 Å². The lowest BCUT2D eigenvalue weighted by molar-refractivity contribution is 0.102. The molecule has 0 bridgehead atoms. The molecule has 0 radical (unpaired) electrons. The van der Waals surface area contributed by atoms with Gasteiger partial charge in [-0.2, -0.15) is 0 Å². The zero-order chi connectivity index (χ0) is 17.4. The van der Waals surface area contributed by atoms with Gasteiger partial charge in [-0.15, -0.1) is 0 Å². The Hall–Kier alpha value is -2.36. The number of unbranched alkanes of at least 4 members (excludes halogenated alkanes) is 2. The highest BCUT2D eigenvalue weighted by Gasteiger charge is 2.11. The number of hydrogen-bond acceptors (Lipinski definition) is 3. The van der Waals surface area contributed by atoms with Crippen molar-refractivity contribution in [3.63, 3.8) is 0 Å². The van der Waals surface area contributed by atoms with E-state index in [-0.39, 0.29) is 5.91 Å². The lowest BCUT2D eigenvalue weighted by Crippen LogP contribution is -2.15. The van der Waals surface area contributed by atoms with E-state index in [4.69, 9.17) is 0 Å². The second kappa shape index (κ2) is 9.06. The molecule has 4 nitrogen and oxygen atoms in total. The SMILES string of the molecule is CCCCCNc1cncc(C(=O)Nc2c(C)cccc2CC)c1. The maximum absolute atomic E-state index is 12.6. The Kier molecular flexibility index (Phi) is 6.79. The molecule has 0 spiro atoms. The summed E-state index contributed by atoms with van der Waals surface area (Å²) in [7, 11) is 0. The van der Waals surface area contributed by atoms with E-state index >= 15 is 0 Å². The molecule has 0 saturated carbocycles. The molecule has 2 aromatic rings. The quantitative estimate of drug-likeness (QED) is 0.685. The number of amides is 1. The number of carbonyl (C=O) groups excluding carboxylic acids is 1. The van der Waals surface area contributed by atoms with Gasteiger partial charge in [-0.25, -0.2) is 0 Å². The first-order chi connectivity index (χ1) is 11.7. The third-order valence-electron chi connectivity index (χ3n) is 4.09. The van der Waals surface area contributed by atoms with Crippen LogP contribution in [0.1, 0.15) is 54.6 Å². The van der Waals surface area contributed by atoms with Gasteiger partial charge in [0.05, 0.1) is 11.3 Å². The Morgan fingerprint density at radius 1 is 1.17 bits per heavy atom. The Morgan fingerprint density at radius 2 is 2.00 bits per heavy atom. The van der Waals surface area contributed by atoms with Crippen molar-refractivity contribution >= 4 is 17.3 Å². The molecular weight excluding hydrogens is 298 g/mol. The molecular formula is C20H27N3O. The van der Waals surface area contributed by atoms with Gasteiger partial charge in [0, 0.05) is 24.6 Å². The number of aryl methyl sites for hydroxylation is 2. The monoisotopic (exact) mass is 325 g/mol. The van der Waals surface area contributed by atoms with Crippen LogP contribution >= 0.6 is 0 Å². The largest absolute Gasteiger partial charge is 0.384 e. The van der Waals surface area contributed by atoms with Gasteiger partial charge in [0.1, 0.15) is 0 Å². The van der Waals surface area contributed by atoms with Crippen LogP contribution in [-0.2, 0) is 6.42 Å². The molecule has 4 heteroatoms. The predicted octanol–water partition coefficient (Wildman–Crippen LogP) is 4.81. The number of aromatic nitrogens is 1. The van der Waals surface area contributed by atoms with Gasteiger partial charge in [-0.1, -0.05) is 44.9 Å². The Bertz CT molecular complexity index is 682. The number of nitrogens with zero attached hydrogens (tertiary/aromatic N) is 1. The van der Waals surface area contributed by atoms with E-state index in [1.807, 2.05) is 31.2 Å². The van der Waals surface area contributed by atoms with Crippen LogP contribution in [0.4, 0.5) is 11.4 Å². The van der Waals surface area contributed by atoms with E-state index in [2.05, 4.69) is 29.5 Å². The first-order valence-corrected chi connectivity index (χ1v) is 8.74. The van der Waals surface area contributed by atoms with E-state index in [9.17, 15) is 4.79 Å². The smallest absolute Gasteiger partial charge is 0.257 e. The predicted molar refractivity (Wildman–Crippen MR) is 101 cm³/mol. The second-order valence-electron chi connectivity index (χ2n) is 6.01. The molecule has 0 aliphatic rings. The van der Waals surface area contributed by atoms with E-state index in [0.717, 1.165) is 41.9 Å². The number of benzene rings is 1. The third kappa shape index (κ3) is 4.82. The van der Waals surface area contributed by atoms with E-state index in [1.54, 1.807) is 12.4 Å². The molecule has 1 aromatic carbocycles. The minimum Gasteiger partial charge on any atom is -0.384 e. The minimum atomic E-state index is -0.122. The molecule has 0 saturated heterocycles. The summed E-state index contributed by atoms with van der Waals surface area (Å²) in [5, 5.41) is 6.37. The van der Waals surface area contributed by atoms with Gasteiger partial charge in [0.2, 0.25) is 0 Å². The number of anilines is 2. The van der Waals surface area contributed by atoms with Crippen molar-refractivity contribution in [2.24, 2.45) is 0 Å². The lowest BCUT2D eigenvalue weighted by atomic mass is 10.1. The van der Waals surface area contributed by atoms with Gasteiger partial charge in [-0.05, 0) is 37.0 Å². The molecule has 1 amide bonds. The summed E-state index contributed by atoms with van der Waals surface area (Å²) in [4.78, 5) is 16.8. The van der Waals surface area contributed by atoms with Crippen molar-refractivity contribution in [2.75, 3.05) is 17.2 Å². The summed E-state index contributed by atoms with van der Waals surface area (Å²) in [6.07, 6.45) is 7.77. The number of rotatable bonds is 8. The first kappa shape index (κ1) is 18.0. The Morgan fingerprint density at radius 3 is 2.75 bits per heavy atom. The van der Waals surface area contributed by atoms with Crippen LogP contribution < -0.4 is 10.6 Å². The van der Waals surface area contributed by atoms with Crippen LogP contribution in [0.25, 0.3) is 0 Å². The molecule has 0 aliphatic heterocycles. The van der Waals surface area contributed by atoms with Gasteiger partial charge >= 0.3 is 0 Å². The summed E-state index contributed by atoms with van der Waals surface area (Å²) >= 11 is 0. The van der Waals surface area contributed by atoms with Crippen molar-refractivity contribution in [2.45, 2.75) is 46.5 Å². The maximum atomic E-state index is 12.6. The molecule has 0 aliphatic carbocycles. The highest BCUT2D eigenvalue weighted by Crippen LogP contribution is 2.22. The highest BCUT2D eigenvalue weighted by atomic mass is 16.1. The van der Waals surface area contributed by atoms with Gasteiger partial charge in [0.15, 0.2) is 0 Å². The molecule has 128 valence electrons. The summed E-state index contributed by atoms with van der Waals surface area (Å²) in [5.74, 6) is -0.122. The topological polar surface area (TPSA) is 54.0 Å². The number of nitrogens with one attached hydrogen (secondary N) is 2. The molecule has 1 heterocycles. The zero-order valence-electron chi connectivity index (χ0n) is 14.9. The highest BCUT2D eigenvalue weighted by molar-refractivity contribution is 6.05.